The van der Waals surface area contributed by atoms with Gasteiger partial charge in [-0.2, -0.15) is 0 Å². The lowest BCUT2D eigenvalue weighted by molar-refractivity contribution is -0.172. The van der Waals surface area contributed by atoms with Crippen molar-refractivity contribution < 1.29 is 23.2 Å². The topological polar surface area (TPSA) is 73.9 Å². The van der Waals surface area contributed by atoms with E-state index in [1.807, 2.05) is 0 Å². The molecule has 0 saturated carbocycles. The van der Waals surface area contributed by atoms with Gasteiger partial charge in [0.2, 0.25) is 5.91 Å². The summed E-state index contributed by atoms with van der Waals surface area (Å²) in [5, 5.41) is 2.85. The number of hydrogen-bond acceptors (Lipinski definition) is 5. The third-order valence-corrected chi connectivity index (χ3v) is 14.5. The molecule has 0 aromatic heterocycles. The van der Waals surface area contributed by atoms with Crippen LogP contribution in [0, 0.1) is 17.8 Å². The van der Waals surface area contributed by atoms with E-state index in [9.17, 15) is 9.59 Å². The smallest absolute Gasteiger partial charge is 0.304 e. The molecule has 6 nitrogen and oxygen atoms in total. The van der Waals surface area contributed by atoms with Crippen LogP contribution < -0.4 is 5.32 Å². The lowest BCUT2D eigenvalue weighted by Crippen LogP contribution is -2.61. The van der Waals surface area contributed by atoms with Gasteiger partial charge in [0.05, 0.1) is 5.92 Å². The molecule has 0 aromatic rings. The Hall–Kier alpha value is -0.706. The Morgan fingerprint density at radius 3 is 1.72 bits per heavy atom. The molecule has 0 bridgehead atoms. The molecule has 8 heteroatoms. The number of hydrogen-bond donors (Lipinski definition) is 1. The van der Waals surface area contributed by atoms with Crippen molar-refractivity contribution in [3.8, 4) is 0 Å². The van der Waals surface area contributed by atoms with Gasteiger partial charge in [0.1, 0.15) is 6.29 Å². The standard InChI is InChI=1S/C21H43NO5Si2/c1-13(2)20(6,7)28(10)26-17(27-29(11)21(8,9)14(3)4)12-16-18(24)22-19(16)25-15(5)23/h13-14,16-17,19,28-29H,12H2,1-11H3,(H,22,24)/t16-,17?,19+,28?,29?/m0/s1. The average molecular weight is 446 g/mol. The molecule has 0 spiro atoms. The summed E-state index contributed by atoms with van der Waals surface area (Å²) in [5.41, 5.74) is 0. The fourth-order valence-corrected chi connectivity index (χ4v) is 6.97. The summed E-state index contributed by atoms with van der Waals surface area (Å²) in [6.45, 7) is 23.7. The second kappa shape index (κ2) is 10.1. The minimum absolute atomic E-state index is 0.0944. The summed E-state index contributed by atoms with van der Waals surface area (Å²) >= 11 is 0. The van der Waals surface area contributed by atoms with Crippen LogP contribution in [-0.4, -0.2) is 42.5 Å². The number of carbonyl (C=O) groups is 2. The highest BCUT2D eigenvalue weighted by Gasteiger charge is 2.45. The molecule has 0 aromatic carbocycles. The second-order valence-corrected chi connectivity index (χ2v) is 16.4. The van der Waals surface area contributed by atoms with Gasteiger partial charge in [0.25, 0.3) is 0 Å². The number of rotatable bonds is 11. The van der Waals surface area contributed by atoms with E-state index in [1.165, 1.54) is 6.92 Å². The number of amides is 1. The second-order valence-electron chi connectivity index (χ2n) is 10.3. The Kier molecular flexibility index (Phi) is 9.14. The normalized spacial score (nSPS) is 23.4. The van der Waals surface area contributed by atoms with Gasteiger partial charge in [0.15, 0.2) is 24.3 Å². The molecule has 170 valence electrons. The van der Waals surface area contributed by atoms with Crippen LogP contribution in [0.15, 0.2) is 0 Å². The van der Waals surface area contributed by atoms with Gasteiger partial charge in [-0.25, -0.2) is 0 Å². The zero-order valence-corrected chi connectivity index (χ0v) is 22.6. The molecular formula is C21H43NO5Si2. The van der Waals surface area contributed by atoms with E-state index in [0.29, 0.717) is 18.3 Å². The van der Waals surface area contributed by atoms with Crippen LogP contribution in [0.2, 0.25) is 23.2 Å². The SMILES string of the molecule is CC(=O)O[C@H]1NC(=O)[C@@H]1CC(O[SiH](C)C(C)(C)C(C)C)O[SiH](C)C(C)(C)C(C)C. The molecule has 2 unspecified atom stereocenters. The predicted octanol–water partition coefficient (Wildman–Crippen LogP) is 3.95. The summed E-state index contributed by atoms with van der Waals surface area (Å²) in [7, 11) is -3.24. The summed E-state index contributed by atoms with van der Waals surface area (Å²) in [4.78, 5) is 23.5. The molecule has 0 aliphatic carbocycles. The third-order valence-electron chi connectivity index (χ3n) is 7.51. The Bertz CT molecular complexity index is 551. The van der Waals surface area contributed by atoms with Gasteiger partial charge in [-0.05, 0) is 35.0 Å². The predicted molar refractivity (Wildman–Crippen MR) is 122 cm³/mol. The Morgan fingerprint density at radius 1 is 1.00 bits per heavy atom. The van der Waals surface area contributed by atoms with Crippen molar-refractivity contribution in [3.63, 3.8) is 0 Å². The van der Waals surface area contributed by atoms with Crippen molar-refractivity contribution >= 4 is 30.0 Å². The molecule has 4 atom stereocenters. The summed E-state index contributed by atoms with van der Waals surface area (Å²) < 4.78 is 18.4. The minimum atomic E-state index is -1.62. The van der Waals surface area contributed by atoms with Gasteiger partial charge in [-0.3, -0.25) is 9.59 Å². The first-order chi connectivity index (χ1) is 13.1. The number of ether oxygens (including phenoxy) is 1. The van der Waals surface area contributed by atoms with Crippen LogP contribution >= 0.6 is 0 Å². The van der Waals surface area contributed by atoms with Crippen LogP contribution in [0.25, 0.3) is 0 Å². The van der Waals surface area contributed by atoms with E-state index in [2.05, 4.69) is 73.8 Å². The number of nitrogens with one attached hydrogen (secondary N) is 1. The molecule has 29 heavy (non-hydrogen) atoms. The van der Waals surface area contributed by atoms with Crippen LogP contribution in [0.4, 0.5) is 0 Å². The van der Waals surface area contributed by atoms with Crippen LogP contribution in [0.5, 0.6) is 0 Å². The maximum Gasteiger partial charge on any atom is 0.304 e. The Labute approximate surface area is 180 Å². The number of β-lactam (4-membered cyclic amide) rings is 1. The van der Waals surface area contributed by atoms with Crippen LogP contribution in [-0.2, 0) is 23.2 Å². The molecule has 0 radical (unpaired) electrons. The van der Waals surface area contributed by atoms with Crippen molar-refractivity contribution in [2.75, 3.05) is 0 Å². The quantitative estimate of drug-likeness (QED) is 0.226. The average Bonchev–Trinajstić information content (AvgIpc) is 2.58. The molecule has 1 saturated heterocycles. The molecule has 1 aliphatic heterocycles. The maximum atomic E-state index is 12.1. The first-order valence-electron chi connectivity index (χ1n) is 10.9. The lowest BCUT2D eigenvalue weighted by atomic mass is 9.95. The van der Waals surface area contributed by atoms with Gasteiger partial charge < -0.3 is 18.9 Å². The van der Waals surface area contributed by atoms with Crippen molar-refractivity contribution in [2.24, 2.45) is 17.8 Å². The minimum Gasteiger partial charge on any atom is -0.441 e. The Morgan fingerprint density at radius 2 is 1.41 bits per heavy atom. The molecule has 1 aliphatic rings. The highest BCUT2D eigenvalue weighted by molar-refractivity contribution is 6.55. The van der Waals surface area contributed by atoms with E-state index in [4.69, 9.17) is 13.6 Å². The van der Waals surface area contributed by atoms with Gasteiger partial charge in [-0.1, -0.05) is 55.4 Å². The van der Waals surface area contributed by atoms with Crippen LogP contribution in [0.3, 0.4) is 0 Å². The van der Waals surface area contributed by atoms with Gasteiger partial charge in [-0.15, -0.1) is 0 Å². The summed E-state index contributed by atoms with van der Waals surface area (Å²) in [6.07, 6.45) is -0.607. The highest BCUT2D eigenvalue weighted by Crippen LogP contribution is 2.41. The zero-order chi connectivity index (χ0) is 22.7. The van der Waals surface area contributed by atoms with Crippen molar-refractivity contribution in [1.29, 1.82) is 0 Å². The lowest BCUT2D eigenvalue weighted by Gasteiger charge is -2.42. The molecule has 1 amide bonds. The van der Waals surface area contributed by atoms with E-state index >= 15 is 0 Å². The molecular weight excluding hydrogens is 402 g/mol. The van der Waals surface area contributed by atoms with E-state index in [1.54, 1.807) is 0 Å². The molecule has 1 fully saturated rings. The summed E-state index contributed by atoms with van der Waals surface area (Å²) in [6, 6.07) is 0. The first kappa shape index (κ1) is 26.3. The van der Waals surface area contributed by atoms with Gasteiger partial charge in [0, 0.05) is 13.3 Å². The Balaban J connectivity index is 2.99. The fraction of sp³-hybridized carbons (Fsp3) is 0.905. The third kappa shape index (κ3) is 6.64. The zero-order valence-electron chi connectivity index (χ0n) is 20.3. The first-order valence-corrected chi connectivity index (χ1v) is 15.3. The van der Waals surface area contributed by atoms with E-state index < -0.39 is 42.5 Å². The monoisotopic (exact) mass is 445 g/mol. The van der Waals surface area contributed by atoms with Crippen molar-refractivity contribution in [3.05, 3.63) is 0 Å². The fourth-order valence-electron chi connectivity index (χ4n) is 3.01. The van der Waals surface area contributed by atoms with Crippen LogP contribution in [0.1, 0.15) is 68.7 Å². The van der Waals surface area contributed by atoms with Crippen molar-refractivity contribution in [2.45, 2.75) is 104 Å². The maximum absolute atomic E-state index is 12.1. The van der Waals surface area contributed by atoms with Gasteiger partial charge >= 0.3 is 5.97 Å². The van der Waals surface area contributed by atoms with E-state index in [0.717, 1.165) is 0 Å². The highest BCUT2D eigenvalue weighted by atomic mass is 28.3. The number of esters is 1. The summed E-state index contributed by atoms with van der Waals surface area (Å²) in [5.74, 6) is 0.0597. The molecule has 1 rings (SSSR count). The number of carbonyl (C=O) groups excluding carboxylic acids is 2. The van der Waals surface area contributed by atoms with Crippen molar-refractivity contribution in [1.82, 2.24) is 5.32 Å². The largest absolute Gasteiger partial charge is 0.441 e. The van der Waals surface area contributed by atoms with E-state index in [-0.39, 0.29) is 16.0 Å². The molecule has 1 N–H and O–H groups in total. The molecule has 1 heterocycles.